The molecule has 0 rings (SSSR count). The molecule has 0 aliphatic heterocycles. The summed E-state index contributed by atoms with van der Waals surface area (Å²) in [5, 5.41) is 8.47. The van der Waals surface area contributed by atoms with Crippen molar-refractivity contribution in [3.05, 3.63) is 0 Å². The Kier molecular flexibility index (Phi) is 5.82. The zero-order valence-corrected chi connectivity index (χ0v) is 7.57. The van der Waals surface area contributed by atoms with E-state index in [0.717, 1.165) is 0 Å². The monoisotopic (exact) mass is 191 g/mol. The van der Waals surface area contributed by atoms with Crippen LogP contribution in [0.4, 0.5) is 0 Å². The van der Waals surface area contributed by atoms with Gasteiger partial charge in [-0.3, -0.25) is 0 Å². The van der Waals surface area contributed by atoms with Gasteiger partial charge in [0.25, 0.3) is 0 Å². The smallest absolute Gasteiger partial charge is 0.337 e. The predicted molar refractivity (Wildman–Crippen MR) is 42.0 cm³/mol. The van der Waals surface area contributed by atoms with E-state index >= 15 is 0 Å². The van der Waals surface area contributed by atoms with Gasteiger partial charge in [0.1, 0.15) is 0 Å². The molecule has 6 heteroatoms. The lowest BCUT2D eigenvalue weighted by molar-refractivity contribution is -0.162. The van der Waals surface area contributed by atoms with Gasteiger partial charge >= 0.3 is 11.9 Å². The van der Waals surface area contributed by atoms with E-state index in [1.165, 1.54) is 5.48 Å². The van der Waals surface area contributed by atoms with E-state index in [0.29, 0.717) is 0 Å². The van der Waals surface area contributed by atoms with Crippen molar-refractivity contribution in [3.63, 3.8) is 0 Å². The molecule has 0 atom stereocenters. The topological polar surface area (TPSA) is 84.9 Å². The molecule has 0 aliphatic carbocycles. The van der Waals surface area contributed by atoms with Crippen molar-refractivity contribution in [2.24, 2.45) is 0 Å². The molecule has 0 amide bonds. The molecule has 0 heterocycles. The first-order chi connectivity index (χ1) is 6.17. The molecule has 2 N–H and O–H groups in total. The van der Waals surface area contributed by atoms with Crippen LogP contribution in [0.2, 0.25) is 0 Å². The Hall–Kier alpha value is -1.14. The zero-order chi connectivity index (χ0) is 10.3. The molecule has 76 valence electrons. The standard InChI is InChI=1S/C7H13NO5/c1-3-12-6(9)5(8-11)7(10)13-4-2/h5,8,11H,3-4H2,1-2H3. The number of esters is 2. The molecule has 0 aromatic heterocycles. The molecule has 0 aromatic rings. The third-order valence-corrected chi connectivity index (χ3v) is 1.17. The van der Waals surface area contributed by atoms with Crippen LogP contribution >= 0.6 is 0 Å². The Labute approximate surface area is 75.8 Å². The molecule has 13 heavy (non-hydrogen) atoms. The number of carbonyl (C=O) groups excluding carboxylic acids is 2. The molecule has 0 fully saturated rings. The summed E-state index contributed by atoms with van der Waals surface area (Å²) in [6.07, 6.45) is 0. The number of hydrogen-bond acceptors (Lipinski definition) is 6. The number of carbonyl (C=O) groups is 2. The maximum atomic E-state index is 10.9. The van der Waals surface area contributed by atoms with E-state index < -0.39 is 18.0 Å². The fourth-order valence-electron chi connectivity index (χ4n) is 0.653. The predicted octanol–water partition coefficient (Wildman–Crippen LogP) is -0.540. The largest absolute Gasteiger partial charge is 0.464 e. The quantitative estimate of drug-likeness (QED) is 0.345. The third-order valence-electron chi connectivity index (χ3n) is 1.17. The molecule has 0 radical (unpaired) electrons. The van der Waals surface area contributed by atoms with Crippen LogP contribution in [-0.4, -0.2) is 36.4 Å². The van der Waals surface area contributed by atoms with Crippen LogP contribution in [0.1, 0.15) is 13.8 Å². The minimum atomic E-state index is -1.46. The number of hydroxylamine groups is 1. The second-order valence-electron chi connectivity index (χ2n) is 2.07. The number of ether oxygens (including phenoxy) is 2. The summed E-state index contributed by atoms with van der Waals surface area (Å²) in [4.78, 5) is 21.9. The van der Waals surface area contributed by atoms with Crippen molar-refractivity contribution in [2.45, 2.75) is 19.9 Å². The van der Waals surface area contributed by atoms with Gasteiger partial charge in [0.15, 0.2) is 0 Å². The van der Waals surface area contributed by atoms with Crippen molar-refractivity contribution in [2.75, 3.05) is 13.2 Å². The lowest BCUT2D eigenvalue weighted by atomic mass is 10.3. The van der Waals surface area contributed by atoms with Crippen LogP contribution in [-0.2, 0) is 19.1 Å². The molecule has 0 saturated heterocycles. The van der Waals surface area contributed by atoms with Crippen LogP contribution < -0.4 is 5.48 Å². The summed E-state index contributed by atoms with van der Waals surface area (Å²) in [6.45, 7) is 3.46. The van der Waals surface area contributed by atoms with E-state index in [1.54, 1.807) is 13.8 Å². The lowest BCUT2D eigenvalue weighted by Crippen LogP contribution is -2.43. The second-order valence-corrected chi connectivity index (χ2v) is 2.07. The highest BCUT2D eigenvalue weighted by Gasteiger charge is 2.28. The first-order valence-electron chi connectivity index (χ1n) is 3.90. The molecule has 0 bridgehead atoms. The molecular weight excluding hydrogens is 178 g/mol. The highest BCUT2D eigenvalue weighted by atomic mass is 16.6. The number of nitrogens with one attached hydrogen (secondary N) is 1. The van der Waals surface area contributed by atoms with Gasteiger partial charge in [0, 0.05) is 0 Å². The second kappa shape index (κ2) is 6.38. The van der Waals surface area contributed by atoms with Crippen LogP contribution in [0.5, 0.6) is 0 Å². The highest BCUT2D eigenvalue weighted by Crippen LogP contribution is 1.92. The van der Waals surface area contributed by atoms with Gasteiger partial charge in [0.2, 0.25) is 6.04 Å². The molecular formula is C7H13NO5. The van der Waals surface area contributed by atoms with E-state index in [4.69, 9.17) is 5.21 Å². The molecule has 0 saturated carbocycles. The Morgan fingerprint density at radius 1 is 1.23 bits per heavy atom. The van der Waals surface area contributed by atoms with E-state index in [9.17, 15) is 9.59 Å². The fraction of sp³-hybridized carbons (Fsp3) is 0.714. The highest BCUT2D eigenvalue weighted by molar-refractivity contribution is 5.99. The van der Waals surface area contributed by atoms with Crippen molar-refractivity contribution >= 4 is 11.9 Å². The number of rotatable bonds is 5. The summed E-state index contributed by atoms with van der Waals surface area (Å²) in [5.41, 5.74) is 1.52. The van der Waals surface area contributed by atoms with Gasteiger partial charge in [-0.2, -0.15) is 5.48 Å². The first-order valence-corrected chi connectivity index (χ1v) is 3.90. The Morgan fingerprint density at radius 2 is 1.62 bits per heavy atom. The van der Waals surface area contributed by atoms with Crippen LogP contribution in [0, 0.1) is 0 Å². The van der Waals surface area contributed by atoms with Crippen LogP contribution in [0.25, 0.3) is 0 Å². The average molecular weight is 191 g/mol. The number of hydrogen-bond donors (Lipinski definition) is 2. The van der Waals surface area contributed by atoms with Crippen molar-refractivity contribution in [1.29, 1.82) is 0 Å². The summed E-state index contributed by atoms with van der Waals surface area (Å²) >= 11 is 0. The first kappa shape index (κ1) is 11.9. The molecule has 0 unspecified atom stereocenters. The van der Waals surface area contributed by atoms with Crippen molar-refractivity contribution in [3.8, 4) is 0 Å². The van der Waals surface area contributed by atoms with Gasteiger partial charge in [0.05, 0.1) is 13.2 Å². The third kappa shape index (κ3) is 3.86. The van der Waals surface area contributed by atoms with Gasteiger partial charge in [-0.05, 0) is 13.8 Å². The molecule has 0 aromatic carbocycles. The van der Waals surface area contributed by atoms with Gasteiger partial charge in [-0.15, -0.1) is 0 Å². The molecule has 0 spiro atoms. The van der Waals surface area contributed by atoms with E-state index in [-0.39, 0.29) is 13.2 Å². The summed E-state index contributed by atoms with van der Waals surface area (Å²) in [5.74, 6) is -1.72. The Balaban J connectivity index is 4.15. The van der Waals surface area contributed by atoms with Crippen LogP contribution in [0.3, 0.4) is 0 Å². The minimum Gasteiger partial charge on any atom is -0.464 e. The van der Waals surface area contributed by atoms with Crippen molar-refractivity contribution < 1.29 is 24.3 Å². The molecule has 6 nitrogen and oxygen atoms in total. The summed E-state index contributed by atoms with van der Waals surface area (Å²) in [6, 6.07) is -1.46. The van der Waals surface area contributed by atoms with Gasteiger partial charge < -0.3 is 14.7 Å². The Bertz CT molecular complexity index is 164. The maximum absolute atomic E-state index is 10.9. The SMILES string of the molecule is CCOC(=O)C(NO)C(=O)OCC. The lowest BCUT2D eigenvalue weighted by Gasteiger charge is -2.11. The average Bonchev–Trinajstić information content (AvgIpc) is 2.06. The van der Waals surface area contributed by atoms with Crippen LogP contribution in [0.15, 0.2) is 0 Å². The Morgan fingerprint density at radius 3 is 1.85 bits per heavy atom. The van der Waals surface area contributed by atoms with Gasteiger partial charge in [-0.25, -0.2) is 9.59 Å². The molecule has 0 aliphatic rings. The van der Waals surface area contributed by atoms with E-state index in [1.807, 2.05) is 0 Å². The minimum absolute atomic E-state index is 0.135. The summed E-state index contributed by atoms with van der Waals surface area (Å²) < 4.78 is 9.00. The maximum Gasteiger partial charge on any atom is 0.337 e. The fourth-order valence-corrected chi connectivity index (χ4v) is 0.653. The van der Waals surface area contributed by atoms with E-state index in [2.05, 4.69) is 9.47 Å². The van der Waals surface area contributed by atoms with Gasteiger partial charge in [-0.1, -0.05) is 0 Å². The zero-order valence-electron chi connectivity index (χ0n) is 7.57. The summed E-state index contributed by atoms with van der Waals surface area (Å²) in [7, 11) is 0. The normalized spacial score (nSPS) is 9.85. The van der Waals surface area contributed by atoms with Crippen molar-refractivity contribution in [1.82, 2.24) is 5.48 Å².